The SMILES string of the molecule is [CH2]C(C)(C)CC(=O)NC1CC1c1ccccc1. The maximum absolute atomic E-state index is 11.7. The Morgan fingerprint density at radius 2 is 2.06 bits per heavy atom. The summed E-state index contributed by atoms with van der Waals surface area (Å²) in [4.78, 5) is 11.7. The fraction of sp³-hybridized carbons (Fsp3) is 0.467. The minimum absolute atomic E-state index is 0.119. The summed E-state index contributed by atoms with van der Waals surface area (Å²) in [5, 5.41) is 3.08. The molecule has 17 heavy (non-hydrogen) atoms. The monoisotopic (exact) mass is 230 g/mol. The molecular formula is C15H20NO. The van der Waals surface area contributed by atoms with Crippen molar-refractivity contribution < 1.29 is 4.79 Å². The number of nitrogens with one attached hydrogen (secondary N) is 1. The van der Waals surface area contributed by atoms with E-state index < -0.39 is 0 Å². The van der Waals surface area contributed by atoms with Gasteiger partial charge in [-0.25, -0.2) is 0 Å². The number of amides is 1. The van der Waals surface area contributed by atoms with Gasteiger partial charge < -0.3 is 5.32 Å². The highest BCUT2D eigenvalue weighted by molar-refractivity contribution is 5.77. The molecule has 1 amide bonds. The van der Waals surface area contributed by atoms with Gasteiger partial charge >= 0.3 is 0 Å². The Balaban J connectivity index is 1.83. The standard InChI is InChI=1S/C15H20NO/c1-15(2,3)10-14(17)16-13-9-12(13)11-7-5-4-6-8-11/h4-8,12-13H,1,9-10H2,2-3H3,(H,16,17). The number of hydrogen-bond acceptors (Lipinski definition) is 1. The van der Waals surface area contributed by atoms with Crippen LogP contribution in [0.1, 0.15) is 38.2 Å². The third-order valence-corrected chi connectivity index (χ3v) is 3.00. The minimum atomic E-state index is -0.179. The van der Waals surface area contributed by atoms with Crippen LogP contribution in [0.3, 0.4) is 0 Å². The van der Waals surface area contributed by atoms with E-state index in [9.17, 15) is 4.79 Å². The summed E-state index contributed by atoms with van der Waals surface area (Å²) in [7, 11) is 0. The Kier molecular flexibility index (Phi) is 3.23. The van der Waals surface area contributed by atoms with Crippen LogP contribution >= 0.6 is 0 Å². The first-order chi connectivity index (χ1) is 7.96. The minimum Gasteiger partial charge on any atom is -0.353 e. The van der Waals surface area contributed by atoms with E-state index in [0.717, 1.165) is 6.42 Å². The van der Waals surface area contributed by atoms with Crippen LogP contribution in [0.5, 0.6) is 0 Å². The molecule has 1 aliphatic rings. The van der Waals surface area contributed by atoms with E-state index in [2.05, 4.69) is 24.4 Å². The fourth-order valence-corrected chi connectivity index (χ4v) is 2.12. The van der Waals surface area contributed by atoms with Gasteiger partial charge in [-0.15, -0.1) is 0 Å². The molecular weight excluding hydrogens is 210 g/mol. The first-order valence-corrected chi connectivity index (χ1v) is 6.15. The summed E-state index contributed by atoms with van der Waals surface area (Å²) >= 11 is 0. The highest BCUT2D eigenvalue weighted by atomic mass is 16.1. The summed E-state index contributed by atoms with van der Waals surface area (Å²) < 4.78 is 0. The van der Waals surface area contributed by atoms with E-state index in [-0.39, 0.29) is 11.3 Å². The zero-order valence-corrected chi connectivity index (χ0v) is 10.6. The van der Waals surface area contributed by atoms with Crippen LogP contribution in [0.4, 0.5) is 0 Å². The third kappa shape index (κ3) is 3.58. The Bertz CT molecular complexity index is 391. The number of carbonyl (C=O) groups excluding carboxylic acids is 1. The summed E-state index contributed by atoms with van der Waals surface area (Å²) in [5.74, 6) is 0.626. The molecule has 0 bridgehead atoms. The summed E-state index contributed by atoms with van der Waals surface area (Å²) in [6.45, 7) is 7.92. The van der Waals surface area contributed by atoms with Crippen molar-refractivity contribution >= 4 is 5.91 Å². The maximum Gasteiger partial charge on any atom is 0.220 e. The predicted molar refractivity (Wildman–Crippen MR) is 69.5 cm³/mol. The summed E-state index contributed by atoms with van der Waals surface area (Å²) in [6.07, 6.45) is 1.55. The van der Waals surface area contributed by atoms with Gasteiger partial charge in [-0.05, 0) is 24.3 Å². The largest absolute Gasteiger partial charge is 0.353 e. The Morgan fingerprint density at radius 1 is 1.41 bits per heavy atom. The van der Waals surface area contributed by atoms with Gasteiger partial charge in [-0.2, -0.15) is 0 Å². The highest BCUT2D eigenvalue weighted by Gasteiger charge is 2.39. The molecule has 1 N–H and O–H groups in total. The van der Waals surface area contributed by atoms with E-state index >= 15 is 0 Å². The van der Waals surface area contributed by atoms with Crippen LogP contribution in [-0.4, -0.2) is 11.9 Å². The first kappa shape index (κ1) is 12.2. The third-order valence-electron chi connectivity index (χ3n) is 3.00. The molecule has 1 fully saturated rings. The lowest BCUT2D eigenvalue weighted by Gasteiger charge is -2.17. The number of carbonyl (C=O) groups is 1. The Labute approximate surface area is 103 Å². The van der Waals surface area contributed by atoms with E-state index in [4.69, 9.17) is 0 Å². The zero-order chi connectivity index (χ0) is 12.5. The lowest BCUT2D eigenvalue weighted by molar-refractivity contribution is -0.122. The van der Waals surface area contributed by atoms with Gasteiger partial charge in [0.05, 0.1) is 0 Å². The van der Waals surface area contributed by atoms with E-state index in [1.54, 1.807) is 0 Å². The molecule has 0 aromatic heterocycles. The molecule has 0 saturated heterocycles. The van der Waals surface area contributed by atoms with Gasteiger partial charge in [-0.3, -0.25) is 4.79 Å². The second-order valence-corrected chi connectivity index (χ2v) is 5.77. The molecule has 0 spiro atoms. The second-order valence-electron chi connectivity index (χ2n) is 5.77. The molecule has 2 nitrogen and oxygen atoms in total. The summed E-state index contributed by atoms with van der Waals surface area (Å²) in [6, 6.07) is 10.7. The van der Waals surface area contributed by atoms with Gasteiger partial charge in [0, 0.05) is 18.4 Å². The van der Waals surface area contributed by atoms with Crippen LogP contribution in [0.2, 0.25) is 0 Å². The number of rotatable bonds is 4. The normalized spacial score (nSPS) is 23.2. The van der Waals surface area contributed by atoms with Gasteiger partial charge in [0.2, 0.25) is 5.91 Å². The van der Waals surface area contributed by atoms with Crippen LogP contribution in [0, 0.1) is 12.3 Å². The molecule has 1 aliphatic carbocycles. The van der Waals surface area contributed by atoms with Crippen molar-refractivity contribution in [2.45, 2.75) is 38.6 Å². The maximum atomic E-state index is 11.7. The second kappa shape index (κ2) is 4.52. The number of benzene rings is 1. The Hall–Kier alpha value is -1.31. The van der Waals surface area contributed by atoms with Crippen molar-refractivity contribution in [3.8, 4) is 0 Å². The predicted octanol–water partition coefficient (Wildman–Crippen LogP) is 2.91. The molecule has 0 aliphatic heterocycles. The molecule has 2 rings (SSSR count). The van der Waals surface area contributed by atoms with Crippen LogP contribution in [0.25, 0.3) is 0 Å². The first-order valence-electron chi connectivity index (χ1n) is 6.15. The van der Waals surface area contributed by atoms with Crippen molar-refractivity contribution in [2.24, 2.45) is 5.41 Å². The van der Waals surface area contributed by atoms with Crippen molar-refractivity contribution in [1.29, 1.82) is 0 Å². The van der Waals surface area contributed by atoms with Crippen LogP contribution < -0.4 is 5.32 Å². The lowest BCUT2D eigenvalue weighted by Crippen LogP contribution is -2.30. The smallest absolute Gasteiger partial charge is 0.220 e. The van der Waals surface area contributed by atoms with Gasteiger partial charge in [0.1, 0.15) is 0 Å². The lowest BCUT2D eigenvalue weighted by atomic mass is 9.92. The van der Waals surface area contributed by atoms with E-state index in [1.165, 1.54) is 5.56 Å². The van der Waals surface area contributed by atoms with Crippen molar-refractivity contribution in [2.75, 3.05) is 0 Å². The average Bonchev–Trinajstić information content (AvgIpc) is 2.95. The molecule has 2 atom stereocenters. The molecule has 1 radical (unpaired) electrons. The topological polar surface area (TPSA) is 29.1 Å². The molecule has 1 aromatic carbocycles. The average molecular weight is 230 g/mol. The van der Waals surface area contributed by atoms with Crippen molar-refractivity contribution in [3.05, 3.63) is 42.8 Å². The van der Waals surface area contributed by atoms with Gasteiger partial charge in [0.25, 0.3) is 0 Å². The molecule has 2 unspecified atom stereocenters. The van der Waals surface area contributed by atoms with Gasteiger partial charge in [0.15, 0.2) is 0 Å². The number of hydrogen-bond donors (Lipinski definition) is 1. The van der Waals surface area contributed by atoms with Crippen molar-refractivity contribution in [1.82, 2.24) is 5.32 Å². The molecule has 1 saturated carbocycles. The van der Waals surface area contributed by atoms with E-state index in [1.807, 2.05) is 32.0 Å². The molecule has 0 heterocycles. The van der Waals surface area contributed by atoms with Gasteiger partial charge in [-0.1, -0.05) is 44.2 Å². The van der Waals surface area contributed by atoms with Crippen LogP contribution in [0.15, 0.2) is 30.3 Å². The summed E-state index contributed by atoms with van der Waals surface area (Å²) in [5.41, 5.74) is 1.15. The quantitative estimate of drug-likeness (QED) is 0.846. The zero-order valence-electron chi connectivity index (χ0n) is 10.6. The fourth-order valence-electron chi connectivity index (χ4n) is 2.12. The van der Waals surface area contributed by atoms with Crippen molar-refractivity contribution in [3.63, 3.8) is 0 Å². The molecule has 1 aromatic rings. The van der Waals surface area contributed by atoms with Crippen LogP contribution in [-0.2, 0) is 4.79 Å². The highest BCUT2D eigenvalue weighted by Crippen LogP contribution is 2.40. The van der Waals surface area contributed by atoms with E-state index in [0.29, 0.717) is 18.4 Å². The molecule has 2 heteroatoms. The molecule has 91 valence electrons. The Morgan fingerprint density at radius 3 is 2.65 bits per heavy atom.